The molecule has 0 aliphatic carbocycles. The van der Waals surface area contributed by atoms with Gasteiger partial charge in [-0.15, -0.1) is 11.8 Å². The van der Waals surface area contributed by atoms with Crippen molar-refractivity contribution in [1.82, 2.24) is 14.7 Å². The van der Waals surface area contributed by atoms with Crippen molar-refractivity contribution in [3.05, 3.63) is 6.20 Å². The quantitative estimate of drug-likeness (QED) is 0.748. The smallest absolute Gasteiger partial charge is 0.141 e. The molecule has 1 aromatic heterocycles. The second-order valence-electron chi connectivity index (χ2n) is 3.44. The van der Waals surface area contributed by atoms with E-state index in [2.05, 4.69) is 23.8 Å². The predicted octanol–water partition coefficient (Wildman–Crippen LogP) is 1.44. The van der Waals surface area contributed by atoms with Gasteiger partial charge in [-0.1, -0.05) is 13.8 Å². The molecule has 0 unspecified atom stereocenters. The zero-order chi connectivity index (χ0) is 11.3. The number of hydrogen-bond donors (Lipinski definition) is 1. The van der Waals surface area contributed by atoms with Gasteiger partial charge in [0, 0.05) is 25.5 Å². The highest BCUT2D eigenvalue weighted by Gasteiger charge is 2.05. The Kier molecular flexibility index (Phi) is 4.98. The van der Waals surface area contributed by atoms with Crippen LogP contribution in [0.4, 0.5) is 5.69 Å². The minimum atomic E-state index is 0.780. The average Bonchev–Trinajstić information content (AvgIpc) is 2.52. The Morgan fingerprint density at radius 2 is 2.13 bits per heavy atom. The van der Waals surface area contributed by atoms with Crippen molar-refractivity contribution in [2.24, 2.45) is 7.05 Å². The first-order valence-electron chi connectivity index (χ1n) is 5.31. The first-order valence-corrected chi connectivity index (χ1v) is 6.30. The minimum Gasteiger partial charge on any atom is -0.395 e. The van der Waals surface area contributed by atoms with Crippen LogP contribution in [0.3, 0.4) is 0 Å². The van der Waals surface area contributed by atoms with Crippen LogP contribution < -0.4 is 5.73 Å². The Morgan fingerprint density at radius 1 is 1.47 bits per heavy atom. The van der Waals surface area contributed by atoms with E-state index in [9.17, 15) is 0 Å². The Morgan fingerprint density at radius 3 is 2.60 bits per heavy atom. The number of rotatable bonds is 6. The van der Waals surface area contributed by atoms with Gasteiger partial charge in [-0.3, -0.25) is 4.68 Å². The van der Waals surface area contributed by atoms with E-state index in [4.69, 9.17) is 5.73 Å². The maximum Gasteiger partial charge on any atom is 0.141 e. The molecule has 0 atom stereocenters. The second-order valence-corrected chi connectivity index (χ2v) is 4.52. The molecule has 0 saturated carbocycles. The Labute approximate surface area is 95.8 Å². The summed E-state index contributed by atoms with van der Waals surface area (Å²) in [7, 11) is 1.89. The van der Waals surface area contributed by atoms with Crippen molar-refractivity contribution >= 4 is 17.4 Å². The largest absolute Gasteiger partial charge is 0.395 e. The Bertz CT molecular complexity index is 294. The third-order valence-electron chi connectivity index (χ3n) is 2.36. The molecule has 1 heterocycles. The summed E-state index contributed by atoms with van der Waals surface area (Å²) in [6.45, 7) is 7.67. The lowest BCUT2D eigenvalue weighted by Crippen LogP contribution is -2.25. The first kappa shape index (κ1) is 12.4. The van der Waals surface area contributed by atoms with Gasteiger partial charge in [-0.25, -0.2) is 0 Å². The molecular weight excluding hydrogens is 208 g/mol. The fourth-order valence-electron chi connectivity index (χ4n) is 1.41. The highest BCUT2D eigenvalue weighted by atomic mass is 32.2. The van der Waals surface area contributed by atoms with Gasteiger partial charge >= 0.3 is 0 Å². The van der Waals surface area contributed by atoms with Crippen LogP contribution in [-0.2, 0) is 7.05 Å². The van der Waals surface area contributed by atoms with Crippen LogP contribution in [0, 0.1) is 0 Å². The molecule has 0 aromatic carbocycles. The van der Waals surface area contributed by atoms with Crippen molar-refractivity contribution in [3.8, 4) is 0 Å². The van der Waals surface area contributed by atoms with E-state index < -0.39 is 0 Å². The Balaban J connectivity index is 2.34. The molecule has 2 N–H and O–H groups in total. The number of thioether (sulfide) groups is 1. The predicted molar refractivity (Wildman–Crippen MR) is 66.1 cm³/mol. The monoisotopic (exact) mass is 228 g/mol. The lowest BCUT2D eigenvalue weighted by molar-refractivity contribution is 0.324. The number of anilines is 1. The molecule has 0 spiro atoms. The highest BCUT2D eigenvalue weighted by Crippen LogP contribution is 2.22. The number of aryl methyl sites for hydroxylation is 1. The maximum atomic E-state index is 5.81. The maximum absolute atomic E-state index is 5.81. The van der Waals surface area contributed by atoms with E-state index >= 15 is 0 Å². The molecule has 0 aliphatic heterocycles. The van der Waals surface area contributed by atoms with Crippen molar-refractivity contribution in [1.29, 1.82) is 0 Å². The molecule has 4 nitrogen and oxygen atoms in total. The van der Waals surface area contributed by atoms with Crippen molar-refractivity contribution in [2.45, 2.75) is 18.9 Å². The summed E-state index contributed by atoms with van der Waals surface area (Å²) in [5.74, 6) is 1.04. The van der Waals surface area contributed by atoms with Crippen LogP contribution in [0.1, 0.15) is 13.8 Å². The summed E-state index contributed by atoms with van der Waals surface area (Å²) in [6, 6.07) is 0. The number of aromatic nitrogens is 2. The fourth-order valence-corrected chi connectivity index (χ4v) is 2.36. The lowest BCUT2D eigenvalue weighted by atomic mass is 10.5. The molecule has 15 heavy (non-hydrogen) atoms. The van der Waals surface area contributed by atoms with Crippen molar-refractivity contribution < 1.29 is 0 Å². The van der Waals surface area contributed by atoms with Crippen LogP contribution >= 0.6 is 11.8 Å². The zero-order valence-electron chi connectivity index (χ0n) is 9.73. The summed E-state index contributed by atoms with van der Waals surface area (Å²) in [5.41, 5.74) is 6.59. The van der Waals surface area contributed by atoms with Crippen LogP contribution in [0.2, 0.25) is 0 Å². The molecular formula is C10H20N4S. The molecule has 1 aromatic rings. The SMILES string of the molecule is CCN(CC)CCSc1nn(C)cc1N. The van der Waals surface area contributed by atoms with Gasteiger partial charge in [0.1, 0.15) is 5.03 Å². The van der Waals surface area contributed by atoms with Crippen LogP contribution in [0.15, 0.2) is 11.2 Å². The number of nitrogens with two attached hydrogens (primary N) is 1. The molecule has 5 heteroatoms. The van der Waals surface area contributed by atoms with Gasteiger partial charge in [-0.05, 0) is 13.1 Å². The van der Waals surface area contributed by atoms with Gasteiger partial charge in [-0.2, -0.15) is 5.10 Å². The number of nitrogens with zero attached hydrogens (tertiary/aromatic N) is 3. The van der Waals surface area contributed by atoms with Gasteiger partial charge in [0.05, 0.1) is 5.69 Å². The molecule has 0 fully saturated rings. The minimum absolute atomic E-state index is 0.780. The Hall–Kier alpha value is -0.680. The lowest BCUT2D eigenvalue weighted by Gasteiger charge is -2.16. The summed E-state index contributed by atoms with van der Waals surface area (Å²) in [6.07, 6.45) is 1.85. The van der Waals surface area contributed by atoms with Crippen LogP contribution in [0.25, 0.3) is 0 Å². The van der Waals surface area contributed by atoms with Gasteiger partial charge in [0.25, 0.3) is 0 Å². The number of nitrogen functional groups attached to an aromatic ring is 1. The van der Waals surface area contributed by atoms with E-state index in [1.165, 1.54) is 0 Å². The summed E-state index contributed by atoms with van der Waals surface area (Å²) in [4.78, 5) is 2.39. The van der Waals surface area contributed by atoms with E-state index in [0.29, 0.717) is 0 Å². The third kappa shape index (κ3) is 3.76. The van der Waals surface area contributed by atoms with Crippen LogP contribution in [0.5, 0.6) is 0 Å². The van der Waals surface area contributed by atoms with Gasteiger partial charge in [0.15, 0.2) is 0 Å². The standard InChI is InChI=1S/C10H20N4S/c1-4-14(5-2)6-7-15-10-9(11)8-13(3)12-10/h8H,4-7,11H2,1-3H3. The zero-order valence-corrected chi connectivity index (χ0v) is 10.5. The van der Waals surface area contributed by atoms with Crippen LogP contribution in [-0.4, -0.2) is 40.1 Å². The molecule has 0 saturated heterocycles. The fraction of sp³-hybridized carbons (Fsp3) is 0.700. The molecule has 1 rings (SSSR count). The molecule has 0 bridgehead atoms. The van der Waals surface area contributed by atoms with E-state index in [1.807, 2.05) is 13.2 Å². The topological polar surface area (TPSA) is 47.1 Å². The molecule has 0 radical (unpaired) electrons. The van der Waals surface area contributed by atoms with E-state index in [1.54, 1.807) is 16.4 Å². The van der Waals surface area contributed by atoms with E-state index in [0.717, 1.165) is 36.1 Å². The molecule has 86 valence electrons. The summed E-state index contributed by atoms with van der Waals surface area (Å²) in [5, 5.41) is 5.24. The third-order valence-corrected chi connectivity index (χ3v) is 3.34. The molecule has 0 amide bonds. The van der Waals surface area contributed by atoms with Gasteiger partial charge < -0.3 is 10.6 Å². The van der Waals surface area contributed by atoms with Gasteiger partial charge in [0.2, 0.25) is 0 Å². The van der Waals surface area contributed by atoms with Crippen molar-refractivity contribution in [2.75, 3.05) is 31.1 Å². The highest BCUT2D eigenvalue weighted by molar-refractivity contribution is 7.99. The normalized spacial score (nSPS) is 11.2. The average molecular weight is 228 g/mol. The first-order chi connectivity index (χ1) is 7.17. The van der Waals surface area contributed by atoms with E-state index in [-0.39, 0.29) is 0 Å². The van der Waals surface area contributed by atoms with Crippen molar-refractivity contribution in [3.63, 3.8) is 0 Å². The second kappa shape index (κ2) is 6.02. The summed E-state index contributed by atoms with van der Waals surface area (Å²) >= 11 is 1.73. The molecule has 0 aliphatic rings. The summed E-state index contributed by atoms with van der Waals surface area (Å²) < 4.78 is 1.76. The number of hydrogen-bond acceptors (Lipinski definition) is 4.